The number of carbonyl (C=O) groups is 2. The van der Waals surface area contributed by atoms with Crippen molar-refractivity contribution >= 4 is 11.9 Å². The second-order valence-corrected chi connectivity index (χ2v) is 8.50. The number of imidazole rings is 1. The Labute approximate surface area is 188 Å². The Morgan fingerprint density at radius 3 is 2.44 bits per heavy atom. The normalized spacial score (nSPS) is 18.5. The van der Waals surface area contributed by atoms with Gasteiger partial charge in [0.2, 0.25) is 0 Å². The van der Waals surface area contributed by atoms with Gasteiger partial charge < -0.3 is 24.4 Å². The number of aliphatic carboxylic acids is 2. The zero-order valence-corrected chi connectivity index (χ0v) is 18.7. The molecule has 3 heterocycles. The average Bonchev–Trinajstić information content (AvgIpc) is 3.08. The first-order valence-corrected chi connectivity index (χ1v) is 10.8. The Bertz CT molecular complexity index is 964. The number of benzene rings is 1. The smallest absolute Gasteiger partial charge is 0.414 e. The molecule has 4 rings (SSSR count). The maximum absolute atomic E-state index is 9.10. The van der Waals surface area contributed by atoms with Crippen molar-refractivity contribution in [3.63, 3.8) is 0 Å². The van der Waals surface area contributed by atoms with E-state index in [0.717, 1.165) is 62.4 Å². The number of fused-ring (bicyclic) bond motifs is 2. The van der Waals surface area contributed by atoms with Crippen LogP contribution in [0, 0.1) is 0 Å². The number of rotatable bonds is 4. The van der Waals surface area contributed by atoms with E-state index in [1.165, 1.54) is 11.1 Å². The Hall–Kier alpha value is -2.97. The summed E-state index contributed by atoms with van der Waals surface area (Å²) >= 11 is 0. The highest BCUT2D eigenvalue weighted by atomic mass is 16.5. The molecule has 0 amide bonds. The largest absolute Gasteiger partial charge is 0.473 e. The maximum Gasteiger partial charge on any atom is 0.414 e. The van der Waals surface area contributed by atoms with Gasteiger partial charge in [0.15, 0.2) is 0 Å². The van der Waals surface area contributed by atoms with Crippen molar-refractivity contribution in [1.82, 2.24) is 14.5 Å². The van der Waals surface area contributed by atoms with Gasteiger partial charge in [-0.15, -0.1) is 0 Å². The number of piperidine rings is 1. The van der Waals surface area contributed by atoms with Gasteiger partial charge in [-0.2, -0.15) is 0 Å². The monoisotopic (exact) mass is 441 g/mol. The predicted octanol–water partition coefficient (Wildman–Crippen LogP) is 2.91. The van der Waals surface area contributed by atoms with Crippen LogP contribution < -0.4 is 0 Å². The van der Waals surface area contributed by atoms with Crippen molar-refractivity contribution in [3.05, 3.63) is 65.3 Å². The van der Waals surface area contributed by atoms with Crippen molar-refractivity contribution in [3.8, 4) is 0 Å². The van der Waals surface area contributed by atoms with Crippen LogP contribution in [0.4, 0.5) is 0 Å². The Balaban J connectivity index is 0.000000427. The molecule has 0 spiro atoms. The fraction of sp³-hybridized carbons (Fsp3) is 0.458. The molecule has 0 bridgehead atoms. The number of nitrogens with zero attached hydrogens (tertiary/aromatic N) is 3. The molecule has 172 valence electrons. The van der Waals surface area contributed by atoms with Crippen LogP contribution >= 0.6 is 0 Å². The number of carboxylic acid groups (broad SMARTS) is 2. The van der Waals surface area contributed by atoms with Crippen molar-refractivity contribution in [2.45, 2.75) is 51.4 Å². The van der Waals surface area contributed by atoms with Crippen LogP contribution in [0.5, 0.6) is 0 Å². The molecule has 1 saturated heterocycles. The third kappa shape index (κ3) is 6.05. The van der Waals surface area contributed by atoms with Gasteiger partial charge in [0.05, 0.1) is 11.8 Å². The van der Waals surface area contributed by atoms with Crippen LogP contribution in [0.15, 0.2) is 42.6 Å². The lowest BCUT2D eigenvalue weighted by molar-refractivity contribution is -0.159. The van der Waals surface area contributed by atoms with E-state index in [0.29, 0.717) is 6.10 Å². The molecule has 0 saturated carbocycles. The van der Waals surface area contributed by atoms with Crippen LogP contribution in [-0.2, 0) is 33.7 Å². The first-order valence-electron chi connectivity index (χ1n) is 10.8. The third-order valence-electron chi connectivity index (χ3n) is 5.71. The Morgan fingerprint density at radius 2 is 1.81 bits per heavy atom. The molecular formula is C24H31N3O5. The summed E-state index contributed by atoms with van der Waals surface area (Å²) in [7, 11) is 2.19. The van der Waals surface area contributed by atoms with E-state index in [1.54, 1.807) is 0 Å². The summed E-state index contributed by atoms with van der Waals surface area (Å²) in [4.78, 5) is 25.6. The van der Waals surface area contributed by atoms with Gasteiger partial charge in [0, 0.05) is 32.3 Å². The van der Waals surface area contributed by atoms with E-state index < -0.39 is 11.9 Å². The second-order valence-electron chi connectivity index (χ2n) is 8.50. The van der Waals surface area contributed by atoms with E-state index in [1.807, 2.05) is 0 Å². The number of aromatic nitrogens is 2. The van der Waals surface area contributed by atoms with E-state index in [2.05, 4.69) is 60.5 Å². The molecule has 1 aromatic heterocycles. The summed E-state index contributed by atoms with van der Waals surface area (Å²) in [6.07, 6.45) is 6.48. The van der Waals surface area contributed by atoms with Gasteiger partial charge in [0.1, 0.15) is 11.9 Å². The summed E-state index contributed by atoms with van der Waals surface area (Å²) in [5, 5.41) is 14.8. The van der Waals surface area contributed by atoms with Crippen LogP contribution in [0.3, 0.4) is 0 Å². The lowest BCUT2D eigenvalue weighted by Gasteiger charge is -2.32. The molecule has 1 aromatic carbocycles. The fourth-order valence-electron chi connectivity index (χ4n) is 4.11. The average molecular weight is 442 g/mol. The number of ether oxygens (including phenoxy) is 1. The molecule has 0 radical (unpaired) electrons. The van der Waals surface area contributed by atoms with Crippen LogP contribution in [0.2, 0.25) is 0 Å². The Morgan fingerprint density at radius 1 is 1.16 bits per heavy atom. The molecule has 8 heteroatoms. The molecule has 1 atom stereocenters. The topological polar surface area (TPSA) is 105 Å². The molecule has 0 aliphatic carbocycles. The zero-order valence-electron chi connectivity index (χ0n) is 18.7. The molecule has 8 nitrogen and oxygen atoms in total. The summed E-state index contributed by atoms with van der Waals surface area (Å²) < 4.78 is 9.00. The van der Waals surface area contributed by atoms with E-state index in [-0.39, 0.29) is 6.10 Å². The van der Waals surface area contributed by atoms with Crippen LogP contribution in [0.1, 0.15) is 48.5 Å². The van der Waals surface area contributed by atoms with Crippen LogP contribution in [-0.4, -0.2) is 62.8 Å². The summed E-state index contributed by atoms with van der Waals surface area (Å²) in [6.45, 7) is 9.28. The van der Waals surface area contributed by atoms with Crippen molar-refractivity contribution < 1.29 is 24.5 Å². The summed E-state index contributed by atoms with van der Waals surface area (Å²) in [6, 6.07) is 8.71. The highest BCUT2D eigenvalue weighted by molar-refractivity contribution is 6.27. The molecule has 32 heavy (non-hydrogen) atoms. The molecule has 1 fully saturated rings. The van der Waals surface area contributed by atoms with E-state index >= 15 is 0 Å². The number of carboxylic acids is 2. The fourth-order valence-corrected chi connectivity index (χ4v) is 4.11. The molecule has 2 N–H and O–H groups in total. The molecule has 2 aromatic rings. The number of likely N-dealkylation sites (tertiary alicyclic amines) is 1. The Kier molecular flexibility index (Phi) is 7.82. The first kappa shape index (κ1) is 23.7. The van der Waals surface area contributed by atoms with Gasteiger partial charge in [-0.3, -0.25) is 0 Å². The minimum atomic E-state index is -1.82. The number of hydrogen-bond donors (Lipinski definition) is 2. The lowest BCUT2D eigenvalue weighted by Crippen LogP contribution is -2.35. The SMILES string of the molecule is C=C(C)Cc1cn2c(n1)C(OC1CCN(C)CC1)c1ccccc1CC2.O=C(O)C(=O)O. The number of allylic oxidation sites excluding steroid dienone is 1. The van der Waals surface area contributed by atoms with Crippen LogP contribution in [0.25, 0.3) is 0 Å². The van der Waals surface area contributed by atoms with Gasteiger partial charge >= 0.3 is 11.9 Å². The minimum Gasteiger partial charge on any atom is -0.473 e. The quantitative estimate of drug-likeness (QED) is 0.555. The van der Waals surface area contributed by atoms with E-state index in [9.17, 15) is 0 Å². The standard InChI is InChI=1S/C22H29N3O.C2H2O4/c1-16(2)14-18-15-25-13-8-17-6-4-5-7-20(17)21(22(25)23-18)26-19-9-11-24(3)12-10-19;3-1(4)2(5)6/h4-7,15,19,21H,1,8-14H2,2-3H3;(H,3,4)(H,5,6). The molecular weight excluding hydrogens is 410 g/mol. The molecule has 2 aliphatic heterocycles. The third-order valence-corrected chi connectivity index (χ3v) is 5.71. The van der Waals surface area contributed by atoms with Gasteiger partial charge in [-0.25, -0.2) is 14.6 Å². The predicted molar refractivity (Wildman–Crippen MR) is 120 cm³/mol. The maximum atomic E-state index is 9.10. The van der Waals surface area contributed by atoms with Crippen molar-refractivity contribution in [2.75, 3.05) is 20.1 Å². The lowest BCUT2D eigenvalue weighted by atomic mass is 10.00. The summed E-state index contributed by atoms with van der Waals surface area (Å²) in [5.41, 5.74) is 4.92. The van der Waals surface area contributed by atoms with Gasteiger partial charge in [0.25, 0.3) is 0 Å². The van der Waals surface area contributed by atoms with Crippen molar-refractivity contribution in [1.29, 1.82) is 0 Å². The number of aryl methyl sites for hydroxylation is 2. The zero-order chi connectivity index (χ0) is 23.3. The first-order chi connectivity index (χ1) is 15.2. The van der Waals surface area contributed by atoms with Crippen molar-refractivity contribution in [2.24, 2.45) is 0 Å². The minimum absolute atomic E-state index is 0.0685. The second kappa shape index (κ2) is 10.6. The molecule has 1 unspecified atom stereocenters. The molecule has 2 aliphatic rings. The highest BCUT2D eigenvalue weighted by Gasteiger charge is 2.30. The highest BCUT2D eigenvalue weighted by Crippen LogP contribution is 2.34. The summed E-state index contributed by atoms with van der Waals surface area (Å²) in [5.74, 6) is -2.59. The van der Waals surface area contributed by atoms with Gasteiger partial charge in [-0.1, -0.05) is 36.4 Å². The number of hydrogen-bond acceptors (Lipinski definition) is 5. The van der Waals surface area contributed by atoms with E-state index in [4.69, 9.17) is 29.5 Å². The van der Waals surface area contributed by atoms with Gasteiger partial charge in [-0.05, 0) is 44.4 Å².